The molecule has 6 heteroatoms. The quantitative estimate of drug-likeness (QED) is 0.505. The molecule has 1 aliphatic carbocycles. The molecule has 0 atom stereocenters. The third-order valence-corrected chi connectivity index (χ3v) is 3.74. The van der Waals surface area contributed by atoms with E-state index in [9.17, 15) is 9.59 Å². The number of rotatable bonds is 2. The number of allylic oxidation sites excluding steroid dienone is 2. The van der Waals surface area contributed by atoms with Crippen LogP contribution in [-0.2, 0) is 19.1 Å². The summed E-state index contributed by atoms with van der Waals surface area (Å²) in [6.07, 6.45) is 2.94. The van der Waals surface area contributed by atoms with Crippen LogP contribution in [-0.4, -0.2) is 74.0 Å². The van der Waals surface area contributed by atoms with Gasteiger partial charge in [-0.3, -0.25) is 9.59 Å². The summed E-state index contributed by atoms with van der Waals surface area (Å²) in [7, 11) is 0. The highest BCUT2D eigenvalue weighted by atomic mass is 16.5. The van der Waals surface area contributed by atoms with E-state index >= 15 is 0 Å². The van der Waals surface area contributed by atoms with Gasteiger partial charge in [-0.25, -0.2) is 0 Å². The van der Waals surface area contributed by atoms with Crippen LogP contribution in [0.4, 0.5) is 0 Å². The number of carbonyl (C=O) groups excluding carboxylic acids is 2. The monoisotopic (exact) mass is 278 g/mol. The molecule has 0 radical (unpaired) electrons. The normalized spacial score (nSPS) is 24.6. The minimum atomic E-state index is -0.441. The lowest BCUT2D eigenvalue weighted by Gasteiger charge is -2.38. The molecule has 20 heavy (non-hydrogen) atoms. The van der Waals surface area contributed by atoms with Crippen molar-refractivity contribution >= 4 is 11.6 Å². The van der Waals surface area contributed by atoms with Crippen LogP contribution in [0.5, 0.6) is 0 Å². The summed E-state index contributed by atoms with van der Waals surface area (Å²) >= 11 is 0. The van der Waals surface area contributed by atoms with E-state index in [1.165, 1.54) is 12.2 Å². The lowest BCUT2D eigenvalue weighted by Crippen LogP contribution is -2.43. The Bertz CT molecular complexity index is 428. The Hall–Kier alpha value is -1.66. The third kappa shape index (κ3) is 2.62. The fraction of sp³-hybridized carbons (Fsp3) is 0.571. The number of nitrogens with zero attached hydrogens (tertiary/aromatic N) is 2. The number of hydrogen-bond acceptors (Lipinski definition) is 6. The van der Waals surface area contributed by atoms with Gasteiger partial charge in [-0.1, -0.05) is 0 Å². The van der Waals surface area contributed by atoms with Crippen LogP contribution in [0.1, 0.15) is 0 Å². The first-order valence-electron chi connectivity index (χ1n) is 6.93. The van der Waals surface area contributed by atoms with Gasteiger partial charge in [0.2, 0.25) is 11.6 Å². The molecule has 0 aromatic heterocycles. The number of ketones is 2. The molecule has 2 saturated heterocycles. The zero-order valence-corrected chi connectivity index (χ0v) is 11.3. The predicted molar refractivity (Wildman–Crippen MR) is 71.0 cm³/mol. The first-order valence-corrected chi connectivity index (χ1v) is 6.93. The molecule has 6 nitrogen and oxygen atoms in total. The van der Waals surface area contributed by atoms with Gasteiger partial charge in [0, 0.05) is 38.3 Å². The maximum absolute atomic E-state index is 11.7. The van der Waals surface area contributed by atoms with E-state index in [1.54, 1.807) is 0 Å². The molecule has 2 fully saturated rings. The van der Waals surface area contributed by atoms with Crippen molar-refractivity contribution in [2.24, 2.45) is 0 Å². The van der Waals surface area contributed by atoms with Gasteiger partial charge in [-0.2, -0.15) is 0 Å². The molecule has 0 N–H and O–H groups in total. The lowest BCUT2D eigenvalue weighted by atomic mass is 10.0. The van der Waals surface area contributed by atoms with Crippen molar-refractivity contribution in [2.75, 3.05) is 52.6 Å². The highest BCUT2D eigenvalue weighted by Gasteiger charge is 2.29. The number of morpholine rings is 2. The molecule has 2 heterocycles. The van der Waals surface area contributed by atoms with Gasteiger partial charge in [0.1, 0.15) is 0 Å². The number of carbonyl (C=O) groups is 2. The van der Waals surface area contributed by atoms with Crippen LogP contribution in [0.2, 0.25) is 0 Å². The molecular weight excluding hydrogens is 260 g/mol. The largest absolute Gasteiger partial charge is 0.378 e. The third-order valence-electron chi connectivity index (χ3n) is 3.74. The number of ether oxygens (including phenoxy) is 2. The van der Waals surface area contributed by atoms with Crippen molar-refractivity contribution in [1.29, 1.82) is 0 Å². The average molecular weight is 278 g/mol. The molecule has 3 rings (SSSR count). The van der Waals surface area contributed by atoms with Crippen LogP contribution in [0.25, 0.3) is 0 Å². The molecule has 0 aromatic carbocycles. The minimum Gasteiger partial charge on any atom is -0.378 e. The number of hydrogen-bond donors (Lipinski definition) is 0. The van der Waals surface area contributed by atoms with E-state index in [2.05, 4.69) is 9.80 Å². The van der Waals surface area contributed by atoms with Gasteiger partial charge in [0.25, 0.3) is 0 Å². The Morgan fingerprint density at radius 3 is 1.40 bits per heavy atom. The van der Waals surface area contributed by atoms with Crippen LogP contribution in [0.3, 0.4) is 0 Å². The Balaban J connectivity index is 1.86. The van der Waals surface area contributed by atoms with Crippen molar-refractivity contribution < 1.29 is 19.1 Å². The van der Waals surface area contributed by atoms with Crippen LogP contribution < -0.4 is 0 Å². The minimum absolute atomic E-state index is 0.441. The topological polar surface area (TPSA) is 59.1 Å². The van der Waals surface area contributed by atoms with E-state index in [1.807, 2.05) is 0 Å². The van der Waals surface area contributed by atoms with E-state index < -0.39 is 11.6 Å². The van der Waals surface area contributed by atoms with E-state index in [4.69, 9.17) is 9.47 Å². The maximum Gasteiger partial charge on any atom is 0.227 e. The summed E-state index contributed by atoms with van der Waals surface area (Å²) in [5.41, 5.74) is 1.69. The average Bonchev–Trinajstić information content (AvgIpc) is 2.51. The zero-order valence-electron chi connectivity index (χ0n) is 11.3. The second kappa shape index (κ2) is 5.76. The highest BCUT2D eigenvalue weighted by Crippen LogP contribution is 2.24. The highest BCUT2D eigenvalue weighted by molar-refractivity contribution is 6.46. The predicted octanol–water partition coefficient (Wildman–Crippen LogP) is -0.430. The van der Waals surface area contributed by atoms with Gasteiger partial charge in [-0.05, 0) is 0 Å². The van der Waals surface area contributed by atoms with Crippen molar-refractivity contribution in [2.45, 2.75) is 0 Å². The Morgan fingerprint density at radius 1 is 0.700 bits per heavy atom. The molecule has 0 amide bonds. The van der Waals surface area contributed by atoms with Crippen LogP contribution in [0, 0.1) is 0 Å². The standard InChI is InChI=1S/C14H18N2O4/c17-13-9-11(15-1-5-19-6-2-15)12(10-14(13)18)16-3-7-20-8-4-16/h9-10H,1-8H2. The van der Waals surface area contributed by atoms with Gasteiger partial charge in [0.05, 0.1) is 37.8 Å². The first kappa shape index (κ1) is 13.3. The van der Waals surface area contributed by atoms with Crippen molar-refractivity contribution in [3.05, 3.63) is 23.5 Å². The Labute approximate surface area is 117 Å². The van der Waals surface area contributed by atoms with Gasteiger partial charge in [0.15, 0.2) is 0 Å². The van der Waals surface area contributed by atoms with Crippen molar-refractivity contribution in [3.8, 4) is 0 Å². The van der Waals surface area contributed by atoms with Crippen LogP contribution >= 0.6 is 0 Å². The SMILES string of the molecule is O=C1C=C(N2CCOCC2)C(N2CCOCC2)=CC1=O. The fourth-order valence-electron chi connectivity index (χ4n) is 2.65. The summed E-state index contributed by atoms with van der Waals surface area (Å²) in [6, 6.07) is 0. The second-order valence-corrected chi connectivity index (χ2v) is 4.99. The maximum atomic E-state index is 11.7. The molecule has 0 aromatic rings. The zero-order chi connectivity index (χ0) is 13.9. The Kier molecular flexibility index (Phi) is 3.84. The van der Waals surface area contributed by atoms with Crippen LogP contribution in [0.15, 0.2) is 23.5 Å². The Morgan fingerprint density at radius 2 is 1.05 bits per heavy atom. The summed E-state index contributed by atoms with van der Waals surface area (Å²) in [5, 5.41) is 0. The van der Waals surface area contributed by atoms with Crippen molar-refractivity contribution in [3.63, 3.8) is 0 Å². The van der Waals surface area contributed by atoms with E-state index in [0.717, 1.165) is 37.6 Å². The van der Waals surface area contributed by atoms with E-state index in [-0.39, 0.29) is 0 Å². The summed E-state index contributed by atoms with van der Waals surface area (Å²) in [6.45, 7) is 5.57. The molecule has 0 saturated carbocycles. The molecule has 2 aliphatic heterocycles. The summed E-state index contributed by atoms with van der Waals surface area (Å²) in [4.78, 5) is 27.6. The smallest absolute Gasteiger partial charge is 0.227 e. The van der Waals surface area contributed by atoms with Gasteiger partial charge < -0.3 is 19.3 Å². The summed E-state index contributed by atoms with van der Waals surface area (Å²) < 4.78 is 10.7. The molecule has 3 aliphatic rings. The molecule has 0 unspecified atom stereocenters. The molecule has 108 valence electrons. The molecule has 0 bridgehead atoms. The molecular formula is C14H18N2O4. The van der Waals surface area contributed by atoms with Gasteiger partial charge >= 0.3 is 0 Å². The van der Waals surface area contributed by atoms with Gasteiger partial charge in [-0.15, -0.1) is 0 Å². The summed E-state index contributed by atoms with van der Waals surface area (Å²) in [5.74, 6) is -0.882. The lowest BCUT2D eigenvalue weighted by molar-refractivity contribution is -0.131. The fourth-order valence-corrected chi connectivity index (χ4v) is 2.65. The first-order chi connectivity index (χ1) is 9.75. The van der Waals surface area contributed by atoms with Crippen molar-refractivity contribution in [1.82, 2.24) is 9.80 Å². The molecule has 0 spiro atoms. The van der Waals surface area contributed by atoms with E-state index in [0.29, 0.717) is 26.4 Å². The second-order valence-electron chi connectivity index (χ2n) is 4.99.